The molecular weight excluding hydrogens is 258 g/mol. The van der Waals surface area contributed by atoms with E-state index in [9.17, 15) is 4.79 Å². The van der Waals surface area contributed by atoms with Crippen LogP contribution in [-0.4, -0.2) is 27.3 Å². The molecule has 0 radical (unpaired) electrons. The van der Waals surface area contributed by atoms with Crippen LogP contribution in [0.3, 0.4) is 0 Å². The molecule has 7 nitrogen and oxygen atoms in total. The maximum absolute atomic E-state index is 11.8. The first-order valence-electron chi connectivity index (χ1n) is 6.18. The number of nitrogens with zero attached hydrogens (tertiary/aromatic N) is 3. The highest BCUT2D eigenvalue weighted by Gasteiger charge is 2.14. The highest BCUT2D eigenvalue weighted by Crippen LogP contribution is 2.19. The number of ether oxygens (including phenoxy) is 1. The molecule has 1 heterocycles. The Morgan fingerprint density at radius 3 is 2.90 bits per heavy atom. The maximum atomic E-state index is 11.8. The first-order valence-corrected chi connectivity index (χ1v) is 6.18. The molecule has 1 atom stereocenters. The van der Waals surface area contributed by atoms with Crippen molar-refractivity contribution < 1.29 is 9.53 Å². The van der Waals surface area contributed by atoms with Crippen LogP contribution in [-0.2, 0) is 11.8 Å². The Bertz CT molecular complexity index is 596. The van der Waals surface area contributed by atoms with Crippen molar-refractivity contribution in [2.24, 2.45) is 7.05 Å². The second-order valence-corrected chi connectivity index (χ2v) is 4.42. The molecule has 7 heteroatoms. The Morgan fingerprint density at radius 2 is 2.25 bits per heavy atom. The molecule has 0 saturated heterocycles. The molecular formula is C13H17N5O2. The number of rotatable bonds is 5. The zero-order chi connectivity index (χ0) is 14.5. The van der Waals surface area contributed by atoms with E-state index >= 15 is 0 Å². The minimum atomic E-state index is -0.247. The third-order valence-corrected chi connectivity index (χ3v) is 2.79. The lowest BCUT2D eigenvalue weighted by molar-refractivity contribution is -0.123. The average molecular weight is 275 g/mol. The molecule has 106 valence electrons. The van der Waals surface area contributed by atoms with Crippen molar-refractivity contribution in [1.82, 2.24) is 20.1 Å². The van der Waals surface area contributed by atoms with E-state index in [1.54, 1.807) is 35.2 Å². The molecule has 2 aromatic rings. The highest BCUT2D eigenvalue weighted by molar-refractivity contribution is 5.78. The number of carbonyl (C=O) groups excluding carboxylic acids is 1. The van der Waals surface area contributed by atoms with Gasteiger partial charge in [0, 0.05) is 7.05 Å². The predicted octanol–water partition coefficient (Wildman–Crippen LogP) is 0.653. The Morgan fingerprint density at radius 1 is 1.50 bits per heavy atom. The fraction of sp³-hybridized carbons (Fsp3) is 0.308. The summed E-state index contributed by atoms with van der Waals surface area (Å²) < 4.78 is 7.12. The monoisotopic (exact) mass is 275 g/mol. The minimum Gasteiger partial charge on any atom is -0.482 e. The van der Waals surface area contributed by atoms with Gasteiger partial charge in [0.1, 0.15) is 12.1 Å². The molecule has 3 N–H and O–H groups in total. The summed E-state index contributed by atoms with van der Waals surface area (Å²) in [5.74, 6) is 0.926. The van der Waals surface area contributed by atoms with Gasteiger partial charge in [0.2, 0.25) is 0 Å². The van der Waals surface area contributed by atoms with Crippen LogP contribution in [0, 0.1) is 0 Å². The Hall–Kier alpha value is -2.57. The van der Waals surface area contributed by atoms with E-state index in [1.165, 1.54) is 0 Å². The molecule has 1 amide bonds. The first kappa shape index (κ1) is 13.9. The van der Waals surface area contributed by atoms with Gasteiger partial charge >= 0.3 is 0 Å². The lowest BCUT2D eigenvalue weighted by Gasteiger charge is -2.14. The van der Waals surface area contributed by atoms with E-state index in [0.29, 0.717) is 17.3 Å². The lowest BCUT2D eigenvalue weighted by Crippen LogP contribution is -2.32. The molecule has 1 aromatic heterocycles. The normalized spacial score (nSPS) is 11.9. The number of aryl methyl sites for hydroxylation is 1. The molecule has 2 rings (SSSR count). The summed E-state index contributed by atoms with van der Waals surface area (Å²) in [6.07, 6.45) is 1.58. The van der Waals surface area contributed by atoms with Crippen molar-refractivity contribution in [1.29, 1.82) is 0 Å². The quantitative estimate of drug-likeness (QED) is 0.781. The van der Waals surface area contributed by atoms with E-state index in [-0.39, 0.29) is 18.6 Å². The molecule has 20 heavy (non-hydrogen) atoms. The van der Waals surface area contributed by atoms with Gasteiger partial charge in [0.25, 0.3) is 5.91 Å². The second-order valence-electron chi connectivity index (χ2n) is 4.42. The molecule has 0 aliphatic carbocycles. The summed E-state index contributed by atoms with van der Waals surface area (Å²) in [5.41, 5.74) is 6.23. The predicted molar refractivity (Wildman–Crippen MR) is 73.9 cm³/mol. The summed E-state index contributed by atoms with van der Waals surface area (Å²) in [6.45, 7) is 1.73. The summed E-state index contributed by atoms with van der Waals surface area (Å²) >= 11 is 0. The molecule has 0 bridgehead atoms. The van der Waals surface area contributed by atoms with Crippen molar-refractivity contribution in [2.75, 3.05) is 12.3 Å². The Balaban J connectivity index is 1.87. The molecule has 0 saturated carbocycles. The summed E-state index contributed by atoms with van der Waals surface area (Å²) in [4.78, 5) is 11.8. The third kappa shape index (κ3) is 3.25. The van der Waals surface area contributed by atoms with Crippen LogP contribution in [0.5, 0.6) is 5.75 Å². The summed E-state index contributed by atoms with van der Waals surface area (Å²) in [5, 5.41) is 10.5. The number of benzene rings is 1. The lowest BCUT2D eigenvalue weighted by atomic mass is 10.3. The fourth-order valence-electron chi connectivity index (χ4n) is 1.79. The van der Waals surface area contributed by atoms with Gasteiger partial charge < -0.3 is 20.4 Å². The van der Waals surface area contributed by atoms with Crippen LogP contribution in [0.15, 0.2) is 30.6 Å². The topological polar surface area (TPSA) is 95.1 Å². The van der Waals surface area contributed by atoms with Gasteiger partial charge in [0.15, 0.2) is 12.4 Å². The van der Waals surface area contributed by atoms with Crippen molar-refractivity contribution >= 4 is 11.6 Å². The van der Waals surface area contributed by atoms with Crippen molar-refractivity contribution in [3.8, 4) is 5.75 Å². The number of hydrogen-bond donors (Lipinski definition) is 2. The molecule has 0 spiro atoms. The van der Waals surface area contributed by atoms with E-state index in [4.69, 9.17) is 10.5 Å². The maximum Gasteiger partial charge on any atom is 0.258 e. The van der Waals surface area contributed by atoms with E-state index in [0.717, 1.165) is 0 Å². The van der Waals surface area contributed by atoms with Gasteiger partial charge in [-0.3, -0.25) is 4.79 Å². The van der Waals surface area contributed by atoms with Gasteiger partial charge in [-0.1, -0.05) is 12.1 Å². The Kier molecular flexibility index (Phi) is 4.19. The van der Waals surface area contributed by atoms with Gasteiger partial charge in [-0.05, 0) is 19.1 Å². The van der Waals surface area contributed by atoms with Crippen molar-refractivity contribution in [3.05, 3.63) is 36.4 Å². The fourth-order valence-corrected chi connectivity index (χ4v) is 1.79. The zero-order valence-corrected chi connectivity index (χ0v) is 11.4. The largest absolute Gasteiger partial charge is 0.482 e. The van der Waals surface area contributed by atoms with Gasteiger partial charge in [-0.15, -0.1) is 10.2 Å². The van der Waals surface area contributed by atoms with Gasteiger partial charge in [-0.2, -0.15) is 0 Å². The number of carbonyl (C=O) groups is 1. The number of para-hydroxylation sites is 2. The number of amides is 1. The molecule has 1 aromatic carbocycles. The average Bonchev–Trinajstić information content (AvgIpc) is 2.84. The summed E-state index contributed by atoms with van der Waals surface area (Å²) in [7, 11) is 1.82. The van der Waals surface area contributed by atoms with E-state index in [1.807, 2.05) is 14.0 Å². The molecule has 0 aliphatic rings. The zero-order valence-electron chi connectivity index (χ0n) is 11.4. The van der Waals surface area contributed by atoms with Crippen molar-refractivity contribution in [3.63, 3.8) is 0 Å². The van der Waals surface area contributed by atoms with E-state index in [2.05, 4.69) is 15.5 Å². The minimum absolute atomic E-state index is 0.101. The van der Waals surface area contributed by atoms with Crippen LogP contribution in [0.25, 0.3) is 0 Å². The molecule has 1 unspecified atom stereocenters. The van der Waals surface area contributed by atoms with Crippen LogP contribution in [0.2, 0.25) is 0 Å². The Labute approximate surface area is 116 Å². The molecule has 0 fully saturated rings. The molecule has 0 aliphatic heterocycles. The van der Waals surface area contributed by atoms with Gasteiger partial charge in [-0.25, -0.2) is 0 Å². The SMILES string of the molecule is CC(NC(=O)COc1ccccc1N)c1nncn1C. The van der Waals surface area contributed by atoms with Crippen molar-refractivity contribution in [2.45, 2.75) is 13.0 Å². The number of nitrogen functional groups attached to an aromatic ring is 1. The number of nitrogens with one attached hydrogen (secondary N) is 1. The summed E-state index contributed by atoms with van der Waals surface area (Å²) in [6, 6.07) is 6.79. The number of aromatic nitrogens is 3. The third-order valence-electron chi connectivity index (χ3n) is 2.79. The number of anilines is 1. The van der Waals surface area contributed by atoms with E-state index < -0.39 is 0 Å². The van der Waals surface area contributed by atoms with Crippen LogP contribution < -0.4 is 15.8 Å². The van der Waals surface area contributed by atoms with Crippen LogP contribution >= 0.6 is 0 Å². The van der Waals surface area contributed by atoms with Gasteiger partial charge in [0.05, 0.1) is 11.7 Å². The van der Waals surface area contributed by atoms with Crippen LogP contribution in [0.4, 0.5) is 5.69 Å². The number of nitrogens with two attached hydrogens (primary N) is 1. The standard InChI is InChI=1S/C13H17N5O2/c1-9(13-17-15-8-18(13)2)16-12(19)7-20-11-6-4-3-5-10(11)14/h3-6,8-9H,7,14H2,1-2H3,(H,16,19). The highest BCUT2D eigenvalue weighted by atomic mass is 16.5. The second kappa shape index (κ2) is 6.05. The number of hydrogen-bond acceptors (Lipinski definition) is 5. The van der Waals surface area contributed by atoms with Crippen LogP contribution in [0.1, 0.15) is 18.8 Å². The smallest absolute Gasteiger partial charge is 0.258 e. The first-order chi connectivity index (χ1) is 9.58.